The molecular weight excluding hydrogens is 261 g/mol. The van der Waals surface area contributed by atoms with Crippen molar-refractivity contribution >= 4 is 11.7 Å². The number of halogens is 3. The summed E-state index contributed by atoms with van der Waals surface area (Å²) in [6, 6.07) is 0. The Bertz CT molecular complexity index is 528. The fourth-order valence-electron chi connectivity index (χ4n) is 1.44. The highest BCUT2D eigenvalue weighted by Gasteiger charge is 2.38. The van der Waals surface area contributed by atoms with Crippen molar-refractivity contribution in [2.24, 2.45) is 0 Å². The third-order valence-corrected chi connectivity index (χ3v) is 2.30. The number of hydrogen-bond acceptors (Lipinski definition) is 3. The molecule has 0 spiro atoms. The van der Waals surface area contributed by atoms with Crippen LogP contribution in [0.25, 0.3) is 5.70 Å². The summed E-state index contributed by atoms with van der Waals surface area (Å²) < 4.78 is 43.7. The Hall–Kier alpha value is -2.05. The van der Waals surface area contributed by atoms with E-state index in [4.69, 9.17) is 0 Å². The standard InChI is InChI=1S/C12H13F3N2O2/c1-4-6-8(5-2)17-7-9(12(13,14)15)10(16-17)11(18)19-3/h4-7H,1-3H3/b6-4-,8-5+. The average Bonchev–Trinajstić information content (AvgIpc) is 2.79. The lowest BCUT2D eigenvalue weighted by atomic mass is 10.2. The maximum absolute atomic E-state index is 12.8. The van der Waals surface area contributed by atoms with Gasteiger partial charge >= 0.3 is 12.1 Å². The van der Waals surface area contributed by atoms with Gasteiger partial charge in [-0.3, -0.25) is 0 Å². The van der Waals surface area contributed by atoms with Gasteiger partial charge in [0.15, 0.2) is 5.69 Å². The molecule has 19 heavy (non-hydrogen) atoms. The lowest BCUT2D eigenvalue weighted by Gasteiger charge is -2.04. The fraction of sp³-hybridized carbons (Fsp3) is 0.333. The molecule has 0 unspecified atom stereocenters. The van der Waals surface area contributed by atoms with Crippen LogP contribution in [-0.4, -0.2) is 22.9 Å². The number of rotatable bonds is 3. The van der Waals surface area contributed by atoms with Gasteiger partial charge in [-0.05, 0) is 19.9 Å². The molecule has 0 aliphatic heterocycles. The molecule has 104 valence electrons. The molecule has 0 atom stereocenters. The number of carbonyl (C=O) groups excluding carboxylic acids is 1. The Morgan fingerprint density at radius 3 is 2.47 bits per heavy atom. The normalized spacial score (nSPS) is 13.1. The minimum atomic E-state index is -4.67. The number of carbonyl (C=O) groups is 1. The number of esters is 1. The van der Waals surface area contributed by atoms with Gasteiger partial charge in [-0.25, -0.2) is 9.48 Å². The second kappa shape index (κ2) is 5.73. The Balaban J connectivity index is 3.40. The summed E-state index contributed by atoms with van der Waals surface area (Å²) in [6.45, 7) is 3.38. The van der Waals surface area contributed by atoms with Crippen molar-refractivity contribution in [1.82, 2.24) is 9.78 Å². The minimum absolute atomic E-state index is 0.420. The van der Waals surface area contributed by atoms with Gasteiger partial charge in [-0.1, -0.05) is 12.2 Å². The molecule has 7 heteroatoms. The smallest absolute Gasteiger partial charge is 0.420 e. The number of allylic oxidation sites excluding steroid dienone is 4. The molecule has 0 N–H and O–H groups in total. The molecule has 0 amide bonds. The summed E-state index contributed by atoms with van der Waals surface area (Å²) in [6.07, 6.45) is 0.905. The van der Waals surface area contributed by atoms with Crippen LogP contribution in [0.2, 0.25) is 0 Å². The third-order valence-electron chi connectivity index (χ3n) is 2.30. The topological polar surface area (TPSA) is 44.1 Å². The van der Waals surface area contributed by atoms with Crippen LogP contribution in [0.4, 0.5) is 13.2 Å². The van der Waals surface area contributed by atoms with Crippen LogP contribution in [-0.2, 0) is 10.9 Å². The van der Waals surface area contributed by atoms with Gasteiger partial charge < -0.3 is 4.74 Å². The van der Waals surface area contributed by atoms with Crippen LogP contribution < -0.4 is 0 Å². The zero-order valence-corrected chi connectivity index (χ0v) is 10.7. The molecule has 1 aromatic heterocycles. The molecule has 1 aromatic rings. The van der Waals surface area contributed by atoms with E-state index in [1.807, 2.05) is 0 Å². The number of hydrogen-bond donors (Lipinski definition) is 0. The number of ether oxygens (including phenoxy) is 1. The Morgan fingerprint density at radius 2 is 2.05 bits per heavy atom. The van der Waals surface area contributed by atoms with E-state index in [-0.39, 0.29) is 0 Å². The lowest BCUT2D eigenvalue weighted by Crippen LogP contribution is -2.12. The predicted octanol–water partition coefficient (Wildman–Crippen LogP) is 3.13. The van der Waals surface area contributed by atoms with E-state index in [0.717, 1.165) is 18.0 Å². The molecule has 1 heterocycles. The summed E-state index contributed by atoms with van der Waals surface area (Å²) in [5, 5.41) is 3.64. The third kappa shape index (κ3) is 3.24. The second-order valence-electron chi connectivity index (χ2n) is 3.54. The summed E-state index contributed by atoms with van der Waals surface area (Å²) in [5.41, 5.74) is -1.45. The van der Waals surface area contributed by atoms with Crippen molar-refractivity contribution in [2.45, 2.75) is 20.0 Å². The van der Waals surface area contributed by atoms with Crippen LogP contribution in [0.1, 0.15) is 29.9 Å². The van der Waals surface area contributed by atoms with Gasteiger partial charge in [0.25, 0.3) is 0 Å². The van der Waals surface area contributed by atoms with E-state index in [0.29, 0.717) is 5.70 Å². The maximum atomic E-state index is 12.8. The van der Waals surface area contributed by atoms with Crippen LogP contribution in [0.3, 0.4) is 0 Å². The highest BCUT2D eigenvalue weighted by Crippen LogP contribution is 2.32. The zero-order chi connectivity index (χ0) is 14.6. The lowest BCUT2D eigenvalue weighted by molar-refractivity contribution is -0.138. The number of aromatic nitrogens is 2. The minimum Gasteiger partial charge on any atom is -0.464 e. The summed E-state index contributed by atoms with van der Waals surface area (Å²) in [5.74, 6) is -1.12. The number of alkyl halides is 3. The van der Waals surface area contributed by atoms with Gasteiger partial charge in [0, 0.05) is 6.20 Å². The van der Waals surface area contributed by atoms with E-state index in [1.54, 1.807) is 32.1 Å². The van der Waals surface area contributed by atoms with E-state index < -0.39 is 23.4 Å². The van der Waals surface area contributed by atoms with Crippen LogP contribution in [0, 0.1) is 0 Å². The van der Waals surface area contributed by atoms with Gasteiger partial charge in [0.05, 0.1) is 12.8 Å². The highest BCUT2D eigenvalue weighted by molar-refractivity contribution is 5.89. The van der Waals surface area contributed by atoms with Crippen LogP contribution in [0.15, 0.2) is 24.4 Å². The van der Waals surface area contributed by atoms with E-state index in [9.17, 15) is 18.0 Å². The SMILES string of the molecule is C/C=C\C(=C/C)n1cc(C(F)(F)F)c(C(=O)OC)n1. The van der Waals surface area contributed by atoms with Crippen LogP contribution in [0.5, 0.6) is 0 Å². The fourth-order valence-corrected chi connectivity index (χ4v) is 1.44. The van der Waals surface area contributed by atoms with Gasteiger partial charge in [-0.15, -0.1) is 0 Å². The molecule has 0 saturated heterocycles. The molecule has 0 saturated carbocycles. The Labute approximate surface area is 108 Å². The first kappa shape index (κ1) is 15.0. The predicted molar refractivity (Wildman–Crippen MR) is 63.3 cm³/mol. The largest absolute Gasteiger partial charge is 0.464 e. The summed E-state index contributed by atoms with van der Waals surface area (Å²) >= 11 is 0. The van der Waals surface area contributed by atoms with Gasteiger partial charge in [0.2, 0.25) is 0 Å². The monoisotopic (exact) mass is 274 g/mol. The quantitative estimate of drug-likeness (QED) is 0.628. The maximum Gasteiger partial charge on any atom is 0.420 e. The Morgan fingerprint density at radius 1 is 1.42 bits per heavy atom. The first-order chi connectivity index (χ1) is 8.85. The number of nitrogens with zero attached hydrogens (tertiary/aromatic N) is 2. The van der Waals surface area contributed by atoms with Crippen molar-refractivity contribution in [3.05, 3.63) is 35.7 Å². The zero-order valence-electron chi connectivity index (χ0n) is 10.7. The van der Waals surface area contributed by atoms with Crippen molar-refractivity contribution < 1.29 is 22.7 Å². The molecule has 1 rings (SSSR count). The first-order valence-corrected chi connectivity index (χ1v) is 5.39. The first-order valence-electron chi connectivity index (χ1n) is 5.39. The molecule has 0 fully saturated rings. The van der Waals surface area contributed by atoms with Crippen molar-refractivity contribution in [2.75, 3.05) is 7.11 Å². The van der Waals surface area contributed by atoms with E-state index in [1.165, 1.54) is 0 Å². The molecular formula is C12H13F3N2O2. The molecule has 0 aromatic carbocycles. The molecule has 0 bridgehead atoms. The van der Waals surface area contributed by atoms with Crippen molar-refractivity contribution in [3.8, 4) is 0 Å². The molecule has 0 aliphatic carbocycles. The van der Waals surface area contributed by atoms with Gasteiger partial charge in [0.1, 0.15) is 5.56 Å². The summed E-state index contributed by atoms with van der Waals surface area (Å²) in [7, 11) is 1.00. The van der Waals surface area contributed by atoms with E-state index in [2.05, 4.69) is 9.84 Å². The summed E-state index contributed by atoms with van der Waals surface area (Å²) in [4.78, 5) is 11.3. The van der Waals surface area contributed by atoms with Gasteiger partial charge in [-0.2, -0.15) is 18.3 Å². The Kier molecular flexibility index (Phi) is 4.52. The molecule has 0 radical (unpaired) electrons. The molecule has 0 aliphatic rings. The average molecular weight is 274 g/mol. The molecule has 4 nitrogen and oxygen atoms in total. The van der Waals surface area contributed by atoms with Crippen molar-refractivity contribution in [3.63, 3.8) is 0 Å². The number of methoxy groups -OCH3 is 1. The van der Waals surface area contributed by atoms with Crippen molar-refractivity contribution in [1.29, 1.82) is 0 Å². The highest BCUT2D eigenvalue weighted by atomic mass is 19.4. The van der Waals surface area contributed by atoms with E-state index >= 15 is 0 Å². The van der Waals surface area contributed by atoms with Crippen LogP contribution >= 0.6 is 0 Å². The second-order valence-corrected chi connectivity index (χ2v) is 3.54.